The van der Waals surface area contributed by atoms with Crippen molar-refractivity contribution in [3.63, 3.8) is 0 Å². The fraction of sp³-hybridized carbons (Fsp3) is 0.632. The molecule has 0 aliphatic carbocycles. The first-order valence-corrected chi connectivity index (χ1v) is 24.4. The van der Waals surface area contributed by atoms with Gasteiger partial charge in [0.1, 0.15) is 18.3 Å². The Hall–Kier alpha value is -3.73. The Labute approximate surface area is 365 Å². The third-order valence-corrected chi connectivity index (χ3v) is 15.3. The van der Waals surface area contributed by atoms with Gasteiger partial charge in [-0.1, -0.05) is 23.4 Å². The summed E-state index contributed by atoms with van der Waals surface area (Å²) in [6.07, 6.45) is -1.14. The fourth-order valence-electron chi connectivity index (χ4n) is 6.74. The van der Waals surface area contributed by atoms with E-state index in [1.165, 1.54) is 36.3 Å². The summed E-state index contributed by atoms with van der Waals surface area (Å²) < 4.78 is 98.4. The topological polar surface area (TPSA) is 257 Å². The molecule has 348 valence electrons. The van der Waals surface area contributed by atoms with Crippen LogP contribution in [0.15, 0.2) is 63.3 Å². The van der Waals surface area contributed by atoms with E-state index < -0.39 is 104 Å². The molecule has 7 atom stereocenters. The molecule has 2 unspecified atom stereocenters. The van der Waals surface area contributed by atoms with Crippen molar-refractivity contribution in [3.8, 4) is 0 Å². The Morgan fingerprint density at radius 2 is 1.62 bits per heavy atom. The molecule has 1 aromatic carbocycles. The van der Waals surface area contributed by atoms with E-state index in [0.717, 1.165) is 17.1 Å². The first-order valence-electron chi connectivity index (χ1n) is 20.1. The molecule has 3 aliphatic heterocycles. The summed E-state index contributed by atoms with van der Waals surface area (Å²) in [7, 11) is -8.72. The number of nitrogens with one attached hydrogen (secondary N) is 1. The number of esters is 2. The molecule has 0 amide bonds. The minimum absolute atomic E-state index is 0.0275. The number of aromatic amines is 1. The van der Waals surface area contributed by atoms with Crippen molar-refractivity contribution >= 4 is 43.3 Å². The van der Waals surface area contributed by atoms with Gasteiger partial charge in [-0.15, -0.1) is 5.10 Å². The van der Waals surface area contributed by atoms with Gasteiger partial charge in [-0.25, -0.2) is 22.6 Å². The van der Waals surface area contributed by atoms with Crippen molar-refractivity contribution < 1.29 is 64.4 Å². The van der Waals surface area contributed by atoms with E-state index in [2.05, 4.69) is 15.3 Å². The van der Waals surface area contributed by atoms with Crippen molar-refractivity contribution in [1.29, 1.82) is 0 Å². The molecule has 3 aliphatic rings. The molecular weight excluding hydrogens is 890 g/mol. The number of hydrogen-bond acceptors (Lipinski definition) is 19. The Morgan fingerprint density at radius 3 is 2.24 bits per heavy atom. The lowest BCUT2D eigenvalue weighted by Gasteiger charge is -2.29. The van der Waals surface area contributed by atoms with Crippen molar-refractivity contribution in [1.82, 2.24) is 29.2 Å². The number of methoxy groups -OCH3 is 1. The standard InChI is InChI=1S/C38H54N6O16P2S/c1-37(2,3)34(46)54-23-56-62(49,57-24-55-35(47)38(4,5)6)30-21-42(41-40-30)20-27-31(32(53-19-18-52-7)33(58-27)43-17-15-29(45)39-36(43)48)60-61-44-16-11-14-26(44)28(59-61)22-63(50,51)25-12-9-8-10-13-25/h8-10,12-13,15,17,21,26-28,31-33H,11,14,16,18-20,22-24H2,1-7H3,(H,39,45,48)/t26-,27+,28+,31?,32?,33+,61-/m0/s1. The minimum atomic E-state index is -4.52. The second-order valence-corrected chi connectivity index (χ2v) is 22.4. The number of aromatic nitrogens is 5. The number of ether oxygens (including phenoxy) is 5. The number of benzene rings is 1. The lowest BCUT2D eigenvalue weighted by atomic mass is 9.98. The number of nitrogens with zero attached hydrogens (tertiary/aromatic N) is 5. The molecule has 0 bridgehead atoms. The van der Waals surface area contributed by atoms with Crippen LogP contribution >= 0.6 is 16.1 Å². The van der Waals surface area contributed by atoms with Crippen LogP contribution in [0.5, 0.6) is 0 Å². The molecular formula is C38H54N6O16P2S. The van der Waals surface area contributed by atoms with Gasteiger partial charge in [0.2, 0.25) is 13.6 Å². The zero-order chi connectivity index (χ0) is 45.7. The average Bonchev–Trinajstić information content (AvgIpc) is 4.02. The van der Waals surface area contributed by atoms with Gasteiger partial charge in [-0.2, -0.15) is 0 Å². The number of sulfone groups is 1. The van der Waals surface area contributed by atoms with E-state index in [9.17, 15) is 32.2 Å². The zero-order valence-corrected chi connectivity index (χ0v) is 38.6. The van der Waals surface area contributed by atoms with E-state index in [-0.39, 0.29) is 41.9 Å². The molecule has 0 spiro atoms. The van der Waals surface area contributed by atoms with Gasteiger partial charge in [0.25, 0.3) is 14.1 Å². The Morgan fingerprint density at radius 1 is 0.952 bits per heavy atom. The summed E-state index contributed by atoms with van der Waals surface area (Å²) in [4.78, 5) is 52.6. The van der Waals surface area contributed by atoms with Gasteiger partial charge in [0.15, 0.2) is 21.5 Å². The lowest BCUT2D eigenvalue weighted by Crippen LogP contribution is -2.41. The van der Waals surface area contributed by atoms with Gasteiger partial charge in [0, 0.05) is 32.0 Å². The summed E-state index contributed by atoms with van der Waals surface area (Å²) >= 11 is 0. The minimum Gasteiger partial charge on any atom is -0.438 e. The number of hydrogen-bond donors (Lipinski definition) is 1. The molecule has 3 saturated heterocycles. The number of H-pyrrole nitrogens is 1. The zero-order valence-electron chi connectivity index (χ0n) is 36.0. The van der Waals surface area contributed by atoms with Crippen molar-refractivity contribution in [3.05, 3.63) is 69.6 Å². The largest absolute Gasteiger partial charge is 0.438 e. The summed E-state index contributed by atoms with van der Waals surface area (Å²) in [5, 5.41) is 8.18. The van der Waals surface area contributed by atoms with Gasteiger partial charge >= 0.3 is 25.2 Å². The van der Waals surface area contributed by atoms with Gasteiger partial charge in [-0.3, -0.25) is 37.5 Å². The lowest BCUT2D eigenvalue weighted by molar-refractivity contribution is -0.161. The maximum Gasteiger partial charge on any atom is 0.388 e. The highest BCUT2D eigenvalue weighted by Crippen LogP contribution is 2.58. The summed E-state index contributed by atoms with van der Waals surface area (Å²) in [5.74, 6) is -1.60. The maximum atomic E-state index is 14.3. The van der Waals surface area contributed by atoms with Crippen LogP contribution < -0.4 is 16.7 Å². The second-order valence-electron chi connectivity index (χ2n) is 17.0. The quantitative estimate of drug-likeness (QED) is 0.0784. The molecule has 5 heterocycles. The van der Waals surface area contributed by atoms with Crippen LogP contribution in [-0.4, -0.2) is 126 Å². The Kier molecular flexibility index (Phi) is 15.6. The number of fused-ring (bicyclic) bond motifs is 1. The molecule has 25 heteroatoms. The molecule has 3 fully saturated rings. The van der Waals surface area contributed by atoms with Crippen LogP contribution in [-0.2, 0) is 72.3 Å². The van der Waals surface area contributed by atoms with Gasteiger partial charge < -0.3 is 32.7 Å². The predicted molar refractivity (Wildman–Crippen MR) is 222 cm³/mol. The fourth-order valence-corrected chi connectivity index (χ4v) is 11.5. The Bertz CT molecular complexity index is 2300. The van der Waals surface area contributed by atoms with Crippen LogP contribution in [0.1, 0.15) is 60.6 Å². The van der Waals surface area contributed by atoms with E-state index in [1.54, 1.807) is 59.7 Å². The average molecular weight is 945 g/mol. The summed E-state index contributed by atoms with van der Waals surface area (Å²) in [6, 6.07) is 8.99. The van der Waals surface area contributed by atoms with Gasteiger partial charge in [0.05, 0.1) is 53.5 Å². The molecule has 1 N–H and O–H groups in total. The molecule has 3 aromatic rings. The predicted octanol–water partition coefficient (Wildman–Crippen LogP) is 2.65. The van der Waals surface area contributed by atoms with Gasteiger partial charge in [-0.05, 0) is 66.5 Å². The molecule has 2 aromatic heterocycles. The number of carbonyl (C=O) groups excluding carboxylic acids is 2. The third-order valence-electron chi connectivity index (χ3n) is 10.1. The van der Waals surface area contributed by atoms with Crippen LogP contribution in [0, 0.1) is 10.8 Å². The smallest absolute Gasteiger partial charge is 0.388 e. The molecule has 6 rings (SSSR count). The van der Waals surface area contributed by atoms with E-state index in [4.69, 9.17) is 41.8 Å². The molecule has 0 radical (unpaired) electrons. The summed E-state index contributed by atoms with van der Waals surface area (Å²) in [6.45, 7) is 8.66. The van der Waals surface area contributed by atoms with Crippen molar-refractivity contribution in [2.24, 2.45) is 10.8 Å². The van der Waals surface area contributed by atoms with Crippen molar-refractivity contribution in [2.45, 2.75) is 103 Å². The van der Waals surface area contributed by atoms with Crippen molar-refractivity contribution in [2.75, 3.05) is 46.2 Å². The number of carbonyl (C=O) groups is 2. The first-order chi connectivity index (χ1) is 29.7. The second kappa shape index (κ2) is 20.2. The monoisotopic (exact) mass is 944 g/mol. The molecule has 63 heavy (non-hydrogen) atoms. The highest BCUT2D eigenvalue weighted by molar-refractivity contribution is 7.91. The maximum absolute atomic E-state index is 14.3. The normalized spacial score (nSPS) is 24.4. The van der Waals surface area contributed by atoms with Crippen LogP contribution in [0.3, 0.4) is 0 Å². The van der Waals surface area contributed by atoms with Crippen LogP contribution in [0.25, 0.3) is 0 Å². The van der Waals surface area contributed by atoms with E-state index in [0.29, 0.717) is 13.0 Å². The first kappa shape index (κ1) is 48.7. The third kappa shape index (κ3) is 11.9. The summed E-state index contributed by atoms with van der Waals surface area (Å²) in [5.41, 5.74) is -3.60. The Balaban J connectivity index is 1.30. The van der Waals surface area contributed by atoms with E-state index in [1.807, 2.05) is 4.67 Å². The van der Waals surface area contributed by atoms with Crippen LogP contribution in [0.2, 0.25) is 0 Å². The highest BCUT2D eigenvalue weighted by Gasteiger charge is 2.54. The molecule has 22 nitrogen and oxygen atoms in total. The highest BCUT2D eigenvalue weighted by atomic mass is 32.2. The number of rotatable bonds is 19. The molecule has 0 saturated carbocycles. The SMILES string of the molecule is COCCOC1C(O[P@]2O[C@H](CS(=O)(=O)c3ccccc3)[C@@H]3CCCN32)[C@@H](Cn2cc(P(=O)(OCOC(=O)C(C)(C)C)OCOC(=O)C(C)(C)C)nn2)O[C@H]1n1ccc(=O)[nH]c1=O. The van der Waals surface area contributed by atoms with Crippen LogP contribution in [0.4, 0.5) is 0 Å². The van der Waals surface area contributed by atoms with E-state index >= 15 is 0 Å².